The van der Waals surface area contributed by atoms with Gasteiger partial charge in [0.1, 0.15) is 81.3 Å². The summed E-state index contributed by atoms with van der Waals surface area (Å²) in [6.07, 6.45) is 12.8. The molecular formula is C134H124N8O6. The van der Waals surface area contributed by atoms with Gasteiger partial charge in [-0.1, -0.05) is 337 Å². The van der Waals surface area contributed by atoms with Gasteiger partial charge in [0.15, 0.2) is 0 Å². The number of nitriles is 2. The van der Waals surface area contributed by atoms with E-state index in [4.69, 9.17) is 28.4 Å². The molecule has 0 fully saturated rings. The van der Waals surface area contributed by atoms with Gasteiger partial charge in [-0.25, -0.2) is 9.97 Å². The van der Waals surface area contributed by atoms with Gasteiger partial charge in [-0.05, 0) is 261 Å². The highest BCUT2D eigenvalue weighted by Gasteiger charge is 2.31. The molecule has 6 aliphatic rings. The van der Waals surface area contributed by atoms with Crippen molar-refractivity contribution in [3.63, 3.8) is 0 Å². The molecule has 0 amide bonds. The third-order valence-corrected chi connectivity index (χ3v) is 27.6. The summed E-state index contributed by atoms with van der Waals surface area (Å²) >= 11 is 0. The number of hydrogen-bond donors (Lipinski definition) is 0. The average molecular weight is 1940 g/mol. The fraction of sp³-hybridized carbons (Fsp3) is 0.224. The van der Waals surface area contributed by atoms with Gasteiger partial charge < -0.3 is 28.4 Å². The zero-order valence-electron chi connectivity index (χ0n) is 87.8. The van der Waals surface area contributed by atoms with Gasteiger partial charge in [0.05, 0.1) is 23.5 Å². The predicted molar refractivity (Wildman–Crippen MR) is 596 cm³/mol. The second-order valence-corrected chi connectivity index (χ2v) is 44.8. The van der Waals surface area contributed by atoms with Crippen LogP contribution in [0.25, 0.3) is 66.8 Å². The number of fused-ring (bicyclic) bond motifs is 18. The van der Waals surface area contributed by atoms with Crippen molar-refractivity contribution in [1.82, 2.24) is 29.9 Å². The fourth-order valence-electron chi connectivity index (χ4n) is 19.5. The van der Waals surface area contributed by atoms with Crippen molar-refractivity contribution in [2.45, 2.75) is 196 Å². The Bertz CT molecular complexity index is 8100. The zero-order valence-corrected chi connectivity index (χ0v) is 87.8. The van der Waals surface area contributed by atoms with E-state index in [2.05, 4.69) is 373 Å². The highest BCUT2D eigenvalue weighted by atomic mass is 16.5. The van der Waals surface area contributed by atoms with E-state index in [9.17, 15) is 10.5 Å². The summed E-state index contributed by atoms with van der Waals surface area (Å²) in [5.41, 5.74) is 36.7. The smallest absolute Gasteiger partial charge is 0.222 e. The van der Waals surface area contributed by atoms with E-state index in [1.165, 1.54) is 134 Å². The molecule has 0 spiro atoms. The van der Waals surface area contributed by atoms with Crippen LogP contribution in [0.15, 0.2) is 352 Å². The first-order valence-corrected chi connectivity index (χ1v) is 51.0. The lowest BCUT2D eigenvalue weighted by Gasteiger charge is -2.20. The molecule has 0 bridgehead atoms. The molecule has 148 heavy (non-hydrogen) atoms. The van der Waals surface area contributed by atoms with Crippen LogP contribution in [0, 0.1) is 22.7 Å². The van der Waals surface area contributed by atoms with Gasteiger partial charge >= 0.3 is 0 Å². The van der Waals surface area contributed by atoms with Crippen LogP contribution in [-0.2, 0) is 71.0 Å². The van der Waals surface area contributed by atoms with Gasteiger partial charge in [0.25, 0.3) is 0 Å². The number of pyridine rings is 2. The van der Waals surface area contributed by atoms with Crippen LogP contribution in [-0.4, -0.2) is 29.9 Å². The Balaban J connectivity index is 0.000000112. The minimum atomic E-state index is -0.103. The fourth-order valence-corrected chi connectivity index (χ4v) is 19.5. The molecule has 4 heterocycles. The largest absolute Gasteiger partial charge is 0.456 e. The second kappa shape index (κ2) is 41.4. The van der Waals surface area contributed by atoms with Crippen LogP contribution in [0.2, 0.25) is 0 Å². The summed E-state index contributed by atoms with van der Waals surface area (Å²) in [4.78, 5) is 26.9. The summed E-state index contributed by atoms with van der Waals surface area (Å²) in [5.74, 6) is 10.6. The Kier molecular flexibility index (Phi) is 28.0. The van der Waals surface area contributed by atoms with Crippen LogP contribution in [0.3, 0.4) is 0 Å². The first kappa shape index (κ1) is 100. The molecule has 0 saturated carbocycles. The van der Waals surface area contributed by atoms with Crippen molar-refractivity contribution >= 4 is 0 Å². The normalized spacial score (nSPS) is 12.5. The van der Waals surface area contributed by atoms with Crippen LogP contribution in [0.5, 0.6) is 69.3 Å². The number of aromatic nitrogens is 6. The number of benzene rings is 14. The van der Waals surface area contributed by atoms with E-state index in [1.807, 2.05) is 128 Å². The van der Waals surface area contributed by atoms with E-state index >= 15 is 0 Å². The van der Waals surface area contributed by atoms with Gasteiger partial charge in [-0.3, -0.25) is 9.97 Å². The van der Waals surface area contributed by atoms with E-state index in [0.29, 0.717) is 34.4 Å². The maximum Gasteiger partial charge on any atom is 0.222 e. The van der Waals surface area contributed by atoms with Crippen molar-refractivity contribution in [2.75, 3.05) is 0 Å². The second-order valence-electron chi connectivity index (χ2n) is 44.8. The van der Waals surface area contributed by atoms with Crippen LogP contribution in [0.1, 0.15) is 237 Å². The predicted octanol–water partition coefficient (Wildman–Crippen LogP) is 34.2. The van der Waals surface area contributed by atoms with Crippen LogP contribution < -0.4 is 28.4 Å². The van der Waals surface area contributed by atoms with Crippen molar-refractivity contribution in [2.24, 2.45) is 0 Å². The monoisotopic (exact) mass is 1940 g/mol. The summed E-state index contributed by atoms with van der Waals surface area (Å²) in [5, 5.41) is 18.9. The minimum Gasteiger partial charge on any atom is -0.456 e. The van der Waals surface area contributed by atoms with E-state index < -0.39 is 0 Å². The summed E-state index contributed by atoms with van der Waals surface area (Å²) in [6, 6.07) is 117. The van der Waals surface area contributed by atoms with Crippen molar-refractivity contribution in [3.8, 4) is 148 Å². The molecule has 14 nitrogen and oxygen atoms in total. The summed E-state index contributed by atoms with van der Waals surface area (Å²) in [7, 11) is 0. The number of ether oxygens (including phenoxy) is 6. The molecule has 736 valence electrons. The van der Waals surface area contributed by atoms with Crippen molar-refractivity contribution < 1.29 is 28.4 Å². The molecule has 14 aromatic carbocycles. The topological polar surface area (TPSA) is 180 Å². The van der Waals surface area contributed by atoms with Gasteiger partial charge in [-0.2, -0.15) is 20.5 Å². The molecule has 0 unspecified atom stereocenters. The van der Waals surface area contributed by atoms with E-state index in [-0.39, 0.29) is 32.5 Å². The molecular weight excluding hydrogens is 1820 g/mol. The first-order valence-electron chi connectivity index (χ1n) is 51.0. The molecule has 24 rings (SSSR count). The Hall–Kier alpha value is -16.7. The van der Waals surface area contributed by atoms with Crippen molar-refractivity contribution in [1.29, 1.82) is 10.5 Å². The quantitative estimate of drug-likeness (QED) is 0.113. The van der Waals surface area contributed by atoms with Gasteiger partial charge in [0, 0.05) is 93.5 Å². The first-order chi connectivity index (χ1) is 71.0. The molecule has 4 aromatic heterocycles. The average Bonchev–Trinajstić information content (AvgIpc) is 1.63. The number of rotatable bonds is 12. The molecule has 14 heteroatoms. The highest BCUT2D eigenvalue weighted by molar-refractivity contribution is 5.84. The van der Waals surface area contributed by atoms with Gasteiger partial charge in [-0.15, -0.1) is 0 Å². The lowest BCUT2D eigenvalue weighted by Crippen LogP contribution is -2.15. The third-order valence-electron chi connectivity index (χ3n) is 27.6. The van der Waals surface area contributed by atoms with Crippen LogP contribution in [0.4, 0.5) is 0 Å². The minimum absolute atomic E-state index is 0.000959. The Labute approximate surface area is 871 Å². The summed E-state index contributed by atoms with van der Waals surface area (Å²) < 4.78 is 36.8. The summed E-state index contributed by atoms with van der Waals surface area (Å²) in [6.45, 7) is 38.5. The van der Waals surface area contributed by atoms with Crippen LogP contribution >= 0.6 is 0 Å². The maximum absolute atomic E-state index is 9.50. The zero-order chi connectivity index (χ0) is 104. The lowest BCUT2D eigenvalue weighted by atomic mass is 9.86. The lowest BCUT2D eigenvalue weighted by molar-refractivity contribution is 0.442. The Morgan fingerprint density at radius 1 is 0.216 bits per heavy atom. The molecule has 0 radical (unpaired) electrons. The molecule has 0 saturated heterocycles. The van der Waals surface area contributed by atoms with E-state index in [0.717, 1.165) is 119 Å². The maximum atomic E-state index is 9.50. The van der Waals surface area contributed by atoms with E-state index in [1.54, 1.807) is 18.5 Å². The van der Waals surface area contributed by atoms with Gasteiger partial charge in [0.2, 0.25) is 11.8 Å². The Morgan fingerprint density at radius 2 is 0.507 bits per heavy atom. The SMILES string of the molecule is CC(C)(C)c1ccc(C#N)c(Oc2ccc3c(c2)-c2ccccc2C3)c1.CC(C)(C)c1ccc(C#N)c(Oc2cccc3c2Cc2ccccc2-3)c1.CC(C)(C)c1ccc(Oc2ccc3c(c2)-c2ccccc2C3)cn1.CC(C)(C)c1ccc(Oc2cccc3c2Cc2ccccc2-3)cn1.CC(C)(C)c1nccc(Oc2ccc3c(c2)-c2ccccc2C3)n1.CC(C)(C)c1nccc(Oc2cccc3c2Cc2ccccc2-3)n1. The molecule has 6 aliphatic carbocycles. The highest BCUT2D eigenvalue weighted by Crippen LogP contribution is 2.50. The number of hydrogen-bond acceptors (Lipinski definition) is 14. The molecule has 18 aromatic rings. The van der Waals surface area contributed by atoms with Crippen molar-refractivity contribution in [3.05, 3.63) is 464 Å². The molecule has 0 N–H and O–H groups in total. The standard InChI is InChI=1S/2C24H21NO.2C22H21NO.2C21H20N2O/c1-24(2,3)18-12-11-17(15-25)23(14-18)26-22-10-6-9-20-19-8-5-4-7-16(19)13-21(20)22;1-24(2,3)19-10-8-18(15-25)23(13-19)26-20-11-9-17-12-16-6-4-5-7-21(16)22(17)14-20;1-22(2,3)21-12-11-16(14-23-21)24-20-10-6-9-18-17-8-5-4-7-15(17)13-19(18)20;1-22(2,3)21-11-10-18(14-23-21)24-17-9-8-16-12-15-6-4-5-7-19(15)20(16)13-17;1-21(2,3)20-22-12-11-19(23-20)24-18-10-6-9-16-15-8-5-4-7-14(15)13-17(16)18;1-21(2,3)20-22-11-10-19(23-20)24-16-9-8-15-12-14-6-4-5-7-17(14)18(15)13-16/h4-12,14H,13H2,1-3H3;4-11,13-14H,12H2,1-3H3;4-12,14H,13H2,1-3H3;4-11,13-14H,12H2,1-3H3;4-12H,13H2,1-3H3;4-11,13H,12H2,1-3H3. The Morgan fingerprint density at radius 3 is 0.851 bits per heavy atom. The molecule has 0 aliphatic heterocycles. The molecule has 0 atom stereocenters. The third kappa shape index (κ3) is 22.4. The number of nitrogens with zero attached hydrogens (tertiary/aromatic N) is 8.